The van der Waals surface area contributed by atoms with E-state index >= 15 is 0 Å². The van der Waals surface area contributed by atoms with Crippen LogP contribution in [-0.2, 0) is 11.2 Å². The molecule has 3 aromatic rings. The van der Waals surface area contributed by atoms with Crippen molar-refractivity contribution in [1.82, 2.24) is 5.32 Å². The Morgan fingerprint density at radius 1 is 0.828 bits per heavy atom. The first-order chi connectivity index (χ1) is 14.1. The molecule has 3 aromatic carbocycles. The number of ether oxygens (including phenoxy) is 1. The van der Waals surface area contributed by atoms with Crippen molar-refractivity contribution in [3.63, 3.8) is 0 Å². The van der Waals surface area contributed by atoms with Crippen LogP contribution in [0.1, 0.15) is 33.2 Å². The van der Waals surface area contributed by atoms with Gasteiger partial charge in [0.25, 0.3) is 5.91 Å². The van der Waals surface area contributed by atoms with Crippen molar-refractivity contribution in [3.8, 4) is 11.1 Å². The maximum absolute atomic E-state index is 12.4. The number of carbonyl (C=O) groups is 2. The molecule has 148 valence electrons. The summed E-state index contributed by atoms with van der Waals surface area (Å²) in [5.74, 6) is -0.440. The van der Waals surface area contributed by atoms with Crippen molar-refractivity contribution in [2.75, 3.05) is 13.2 Å². The highest BCUT2D eigenvalue weighted by molar-refractivity contribution is 6.30. The summed E-state index contributed by atoms with van der Waals surface area (Å²) < 4.78 is 4.97. The Morgan fingerprint density at radius 3 is 1.97 bits per heavy atom. The van der Waals surface area contributed by atoms with Crippen LogP contribution in [0.4, 0.5) is 0 Å². The molecule has 0 heterocycles. The normalized spacial score (nSPS) is 10.4. The molecule has 0 spiro atoms. The summed E-state index contributed by atoms with van der Waals surface area (Å²) in [7, 11) is 0. The smallest absolute Gasteiger partial charge is 0.338 e. The molecule has 3 rings (SSSR count). The van der Waals surface area contributed by atoms with Gasteiger partial charge in [-0.25, -0.2) is 4.79 Å². The number of hydrogen-bond acceptors (Lipinski definition) is 3. The van der Waals surface area contributed by atoms with E-state index in [1.54, 1.807) is 19.1 Å². The number of esters is 1. The van der Waals surface area contributed by atoms with E-state index in [-0.39, 0.29) is 11.9 Å². The zero-order valence-corrected chi connectivity index (χ0v) is 16.9. The van der Waals surface area contributed by atoms with E-state index < -0.39 is 0 Å². The van der Waals surface area contributed by atoms with Crippen molar-refractivity contribution in [1.29, 1.82) is 0 Å². The van der Waals surface area contributed by atoms with Crippen molar-refractivity contribution >= 4 is 23.5 Å². The van der Waals surface area contributed by atoms with Gasteiger partial charge >= 0.3 is 5.97 Å². The minimum absolute atomic E-state index is 0.115. The summed E-state index contributed by atoms with van der Waals surface area (Å²) in [5, 5.41) is 3.62. The standard InChI is InChI=1S/C24H22ClNO3/c1-2-29-24(28)21-5-3-17(4-6-21)15-16-26-23(27)20-9-7-18(8-10-20)19-11-13-22(25)14-12-19/h3-14H,2,15-16H2,1H3,(H,26,27). The summed E-state index contributed by atoms with van der Waals surface area (Å²) in [6.45, 7) is 2.64. The lowest BCUT2D eigenvalue weighted by Crippen LogP contribution is -2.25. The monoisotopic (exact) mass is 407 g/mol. The predicted molar refractivity (Wildman–Crippen MR) is 115 cm³/mol. The number of benzene rings is 3. The summed E-state index contributed by atoms with van der Waals surface area (Å²) in [6.07, 6.45) is 0.678. The fourth-order valence-corrected chi connectivity index (χ4v) is 3.03. The highest BCUT2D eigenvalue weighted by Crippen LogP contribution is 2.21. The van der Waals surface area contributed by atoms with Crippen LogP contribution in [0, 0.1) is 0 Å². The average molecular weight is 408 g/mol. The Bertz CT molecular complexity index is 965. The number of rotatable bonds is 7. The van der Waals surface area contributed by atoms with Crippen molar-refractivity contribution in [3.05, 3.63) is 94.5 Å². The zero-order valence-electron chi connectivity index (χ0n) is 16.2. The van der Waals surface area contributed by atoms with Gasteiger partial charge in [0, 0.05) is 17.1 Å². The van der Waals surface area contributed by atoms with Crippen LogP contribution in [-0.4, -0.2) is 25.0 Å². The molecular weight excluding hydrogens is 386 g/mol. The van der Waals surface area contributed by atoms with Gasteiger partial charge in [0.1, 0.15) is 0 Å². The largest absolute Gasteiger partial charge is 0.462 e. The summed E-state index contributed by atoms with van der Waals surface area (Å²) in [5.41, 5.74) is 4.25. The average Bonchev–Trinajstić information content (AvgIpc) is 2.75. The first-order valence-electron chi connectivity index (χ1n) is 9.47. The SMILES string of the molecule is CCOC(=O)c1ccc(CCNC(=O)c2ccc(-c3ccc(Cl)cc3)cc2)cc1. The topological polar surface area (TPSA) is 55.4 Å². The van der Waals surface area contributed by atoms with Gasteiger partial charge in [-0.15, -0.1) is 0 Å². The molecule has 0 atom stereocenters. The van der Waals surface area contributed by atoms with Crippen molar-refractivity contribution < 1.29 is 14.3 Å². The van der Waals surface area contributed by atoms with Gasteiger partial charge in [0.05, 0.1) is 12.2 Å². The molecule has 0 unspecified atom stereocenters. The third kappa shape index (κ3) is 5.69. The van der Waals surface area contributed by atoms with Gasteiger partial charge in [0.15, 0.2) is 0 Å². The minimum Gasteiger partial charge on any atom is -0.462 e. The lowest BCUT2D eigenvalue weighted by atomic mass is 10.0. The van der Waals surface area contributed by atoms with Crippen LogP contribution in [0.15, 0.2) is 72.8 Å². The van der Waals surface area contributed by atoms with Gasteiger partial charge in [-0.05, 0) is 66.4 Å². The molecule has 0 bridgehead atoms. The first kappa shape index (κ1) is 20.6. The molecule has 0 aliphatic heterocycles. The summed E-state index contributed by atoms with van der Waals surface area (Å²) >= 11 is 5.92. The van der Waals surface area contributed by atoms with Gasteiger partial charge in [-0.3, -0.25) is 4.79 Å². The number of halogens is 1. The van der Waals surface area contributed by atoms with E-state index in [1.807, 2.05) is 60.7 Å². The Morgan fingerprint density at radius 2 is 1.38 bits per heavy atom. The van der Waals surface area contributed by atoms with Crippen molar-refractivity contribution in [2.45, 2.75) is 13.3 Å². The van der Waals surface area contributed by atoms with Gasteiger partial charge in [0.2, 0.25) is 0 Å². The van der Waals surface area contributed by atoms with Gasteiger partial charge in [-0.2, -0.15) is 0 Å². The van der Waals surface area contributed by atoms with Gasteiger partial charge in [-0.1, -0.05) is 48.0 Å². The molecule has 29 heavy (non-hydrogen) atoms. The number of nitrogens with one attached hydrogen (secondary N) is 1. The third-order valence-corrected chi connectivity index (χ3v) is 4.74. The van der Waals surface area contributed by atoms with Crippen LogP contribution in [0.3, 0.4) is 0 Å². The number of amides is 1. The highest BCUT2D eigenvalue weighted by Gasteiger charge is 2.07. The van der Waals surface area contributed by atoms with Crippen LogP contribution >= 0.6 is 11.6 Å². The number of carbonyl (C=O) groups excluding carboxylic acids is 2. The zero-order chi connectivity index (χ0) is 20.6. The van der Waals surface area contributed by atoms with Crippen LogP contribution in [0.2, 0.25) is 5.02 Å². The fourth-order valence-electron chi connectivity index (χ4n) is 2.90. The molecule has 1 amide bonds. The van der Waals surface area contributed by atoms with Crippen molar-refractivity contribution in [2.24, 2.45) is 0 Å². The van der Waals surface area contributed by atoms with Gasteiger partial charge < -0.3 is 10.1 Å². The second-order valence-electron chi connectivity index (χ2n) is 6.51. The lowest BCUT2D eigenvalue weighted by molar-refractivity contribution is 0.0526. The van der Waals surface area contributed by atoms with Crippen LogP contribution in [0.25, 0.3) is 11.1 Å². The maximum Gasteiger partial charge on any atom is 0.338 e. The first-order valence-corrected chi connectivity index (χ1v) is 9.85. The Labute approximate surface area is 175 Å². The van der Waals surface area contributed by atoms with E-state index in [1.165, 1.54) is 0 Å². The molecule has 0 aliphatic rings. The Balaban J connectivity index is 1.51. The molecule has 0 radical (unpaired) electrons. The van der Waals surface area contributed by atoms with E-state index in [2.05, 4.69) is 5.32 Å². The van der Waals surface area contributed by atoms with Crippen LogP contribution < -0.4 is 5.32 Å². The second kappa shape index (κ2) is 9.89. The molecule has 4 nitrogen and oxygen atoms in total. The Kier molecular flexibility index (Phi) is 7.04. The lowest BCUT2D eigenvalue weighted by Gasteiger charge is -2.08. The number of hydrogen-bond donors (Lipinski definition) is 1. The van der Waals surface area contributed by atoms with E-state index in [0.29, 0.717) is 35.7 Å². The molecule has 0 saturated heterocycles. The maximum atomic E-state index is 12.4. The van der Waals surface area contributed by atoms with Crippen LogP contribution in [0.5, 0.6) is 0 Å². The molecular formula is C24H22ClNO3. The van der Waals surface area contributed by atoms with E-state index in [9.17, 15) is 9.59 Å². The molecule has 0 aliphatic carbocycles. The Hall–Kier alpha value is -3.11. The third-order valence-electron chi connectivity index (χ3n) is 4.49. The van der Waals surface area contributed by atoms with E-state index in [0.717, 1.165) is 16.7 Å². The quantitative estimate of drug-likeness (QED) is 0.550. The predicted octanol–water partition coefficient (Wildman–Crippen LogP) is 5.16. The summed E-state index contributed by atoms with van der Waals surface area (Å²) in [4.78, 5) is 24.0. The molecule has 1 N–H and O–H groups in total. The molecule has 0 fully saturated rings. The second-order valence-corrected chi connectivity index (χ2v) is 6.94. The fraction of sp³-hybridized carbons (Fsp3) is 0.167. The van der Waals surface area contributed by atoms with E-state index in [4.69, 9.17) is 16.3 Å². The molecule has 0 saturated carbocycles. The minimum atomic E-state index is -0.325. The highest BCUT2D eigenvalue weighted by atomic mass is 35.5. The molecule has 0 aromatic heterocycles. The summed E-state index contributed by atoms with van der Waals surface area (Å²) in [6, 6.07) is 22.3. The molecule has 5 heteroatoms.